The van der Waals surface area contributed by atoms with Crippen LogP contribution in [0.15, 0.2) is 0 Å². The van der Waals surface area contributed by atoms with Gasteiger partial charge in [0.25, 0.3) is 0 Å². The van der Waals surface area contributed by atoms with Gasteiger partial charge in [-0.15, -0.1) is 0 Å². The van der Waals surface area contributed by atoms with Gasteiger partial charge in [-0.3, -0.25) is 19.2 Å². The summed E-state index contributed by atoms with van der Waals surface area (Å²) in [6, 6.07) is -0.717. The molecule has 1 aliphatic heterocycles. The number of amides is 1. The van der Waals surface area contributed by atoms with Crippen LogP contribution in [0.4, 0.5) is 0 Å². The molecule has 1 fully saturated rings. The zero-order valence-electron chi connectivity index (χ0n) is 53.2. The normalized spacial score (nSPS) is 13.3. The van der Waals surface area contributed by atoms with E-state index in [0.29, 0.717) is 65.2 Å². The molecule has 1 rings (SSSR count). The van der Waals surface area contributed by atoms with Crippen molar-refractivity contribution in [1.29, 1.82) is 0 Å². The molecule has 0 radical (unpaired) electrons. The number of carbonyl (C=O) groups is 4. The highest BCUT2D eigenvalue weighted by Crippen LogP contribution is 2.19. The monoisotopic (exact) mass is 1140 g/mol. The molecule has 13 heteroatoms. The lowest BCUT2D eigenvalue weighted by atomic mass is 10.1. The Hall–Kier alpha value is -2.32. The quantitative estimate of drug-likeness (QED) is 0.0248. The van der Waals surface area contributed by atoms with Crippen molar-refractivity contribution in [3.8, 4) is 0 Å². The lowest BCUT2D eigenvalue weighted by Crippen LogP contribution is -2.49. The van der Waals surface area contributed by atoms with Crippen molar-refractivity contribution < 1.29 is 52.3 Å². The van der Waals surface area contributed by atoms with Crippen LogP contribution in [0.5, 0.6) is 0 Å². The highest BCUT2D eigenvalue weighted by Gasteiger charge is 2.29. The SMILES string of the molecule is CCCCCCCCOC(CCCCC(=O)OCC(COC(=O)CCCCC(OCCCCCCCC)OCCCCCCCC)N(CCN1CCCC1)C(=O)CCC(=O)OC(CCC)CCCCCC)OCCCCCCCC. The van der Waals surface area contributed by atoms with E-state index < -0.39 is 6.04 Å². The molecule has 1 heterocycles. The summed E-state index contributed by atoms with van der Waals surface area (Å²) in [5, 5.41) is 0. The van der Waals surface area contributed by atoms with Crippen molar-refractivity contribution >= 4 is 23.8 Å². The van der Waals surface area contributed by atoms with Gasteiger partial charge in [0, 0.05) is 58.8 Å². The van der Waals surface area contributed by atoms with E-state index >= 15 is 0 Å². The fraction of sp³-hybridized carbons (Fsp3) is 0.940. The van der Waals surface area contributed by atoms with Crippen LogP contribution in [0.25, 0.3) is 0 Å². The topological polar surface area (TPSA) is 139 Å². The second-order valence-electron chi connectivity index (χ2n) is 23.3. The Morgan fingerprint density at radius 3 is 1.16 bits per heavy atom. The summed E-state index contributed by atoms with van der Waals surface area (Å²) in [5.41, 5.74) is 0. The third-order valence-corrected chi connectivity index (χ3v) is 15.7. The van der Waals surface area contributed by atoms with Gasteiger partial charge in [-0.2, -0.15) is 0 Å². The molecule has 0 aliphatic carbocycles. The summed E-state index contributed by atoms with van der Waals surface area (Å²) in [4.78, 5) is 58.8. The van der Waals surface area contributed by atoms with Crippen LogP contribution >= 0.6 is 0 Å². The highest BCUT2D eigenvalue weighted by atomic mass is 16.7. The van der Waals surface area contributed by atoms with E-state index in [4.69, 9.17) is 33.2 Å². The van der Waals surface area contributed by atoms with E-state index in [-0.39, 0.29) is 81.4 Å². The molecule has 0 saturated carbocycles. The predicted octanol–water partition coefficient (Wildman–Crippen LogP) is 17.1. The van der Waals surface area contributed by atoms with Gasteiger partial charge in [0.15, 0.2) is 12.6 Å². The summed E-state index contributed by atoms with van der Waals surface area (Å²) < 4.78 is 43.0. The van der Waals surface area contributed by atoms with Crippen LogP contribution < -0.4 is 0 Å². The lowest BCUT2D eigenvalue weighted by molar-refractivity contribution is -0.156. The predicted molar refractivity (Wildman–Crippen MR) is 328 cm³/mol. The van der Waals surface area contributed by atoms with Crippen molar-refractivity contribution in [2.24, 2.45) is 0 Å². The van der Waals surface area contributed by atoms with E-state index in [0.717, 1.165) is 135 Å². The molecule has 0 aromatic heterocycles. The number of unbranched alkanes of at least 4 members (excludes halogenated alkanes) is 25. The van der Waals surface area contributed by atoms with Crippen molar-refractivity contribution in [2.45, 2.75) is 342 Å². The number of hydrogen-bond acceptors (Lipinski definition) is 12. The number of likely N-dealkylation sites (tertiary alicyclic amines) is 1. The third kappa shape index (κ3) is 46.1. The highest BCUT2D eigenvalue weighted by molar-refractivity contribution is 5.82. The Morgan fingerprint density at radius 1 is 0.388 bits per heavy atom. The molecule has 0 N–H and O–H groups in total. The van der Waals surface area contributed by atoms with Crippen molar-refractivity contribution in [3.63, 3.8) is 0 Å². The molecule has 472 valence electrons. The molecule has 0 aromatic carbocycles. The van der Waals surface area contributed by atoms with Crippen LogP contribution in [-0.4, -0.2) is 124 Å². The Kier molecular flexibility index (Phi) is 54.1. The van der Waals surface area contributed by atoms with Crippen molar-refractivity contribution in [3.05, 3.63) is 0 Å². The zero-order chi connectivity index (χ0) is 58.2. The standard InChI is InChI=1S/C67H128N2O11/c1-7-13-18-23-27-38-54-74-66(75-55-39-28-24-19-14-8-2)46-34-32-44-63(71)78-58-60(69(53-52-68-50-36-37-51-68)62(70)48-49-65(73)80-61(42-12-6)43-31-22-17-11-5)59-79-64(72)45-33-35-47-67(76-56-40-29-25-20-15-9-3)77-57-41-30-26-21-16-10-4/h60-61,66-67H,7-59H2,1-6H3. The number of ether oxygens (including phenoxy) is 7. The first-order valence-electron chi connectivity index (χ1n) is 34.2. The van der Waals surface area contributed by atoms with Gasteiger partial charge in [0.05, 0.1) is 12.5 Å². The molecule has 0 spiro atoms. The molecule has 0 bridgehead atoms. The minimum atomic E-state index is -0.717. The molecular weight excluding hydrogens is 1010 g/mol. The average molecular weight is 1140 g/mol. The Morgan fingerprint density at radius 2 is 0.762 bits per heavy atom. The van der Waals surface area contributed by atoms with Gasteiger partial charge < -0.3 is 43.0 Å². The van der Waals surface area contributed by atoms with Gasteiger partial charge in [-0.05, 0) is 109 Å². The minimum Gasteiger partial charge on any atom is -0.463 e. The van der Waals surface area contributed by atoms with Crippen molar-refractivity contribution in [2.75, 3.05) is 65.8 Å². The molecule has 1 atom stereocenters. The van der Waals surface area contributed by atoms with E-state index in [2.05, 4.69) is 46.4 Å². The molecule has 0 aromatic rings. The van der Waals surface area contributed by atoms with Crippen molar-refractivity contribution in [1.82, 2.24) is 9.80 Å². The van der Waals surface area contributed by atoms with Gasteiger partial charge in [0.1, 0.15) is 19.3 Å². The molecule has 1 unspecified atom stereocenters. The molecule has 1 saturated heterocycles. The van der Waals surface area contributed by atoms with Crippen LogP contribution in [0, 0.1) is 0 Å². The summed E-state index contributed by atoms with van der Waals surface area (Å²) in [5.74, 6) is -1.33. The van der Waals surface area contributed by atoms with Crippen LogP contribution in [0.3, 0.4) is 0 Å². The second-order valence-corrected chi connectivity index (χ2v) is 23.3. The number of esters is 3. The van der Waals surface area contributed by atoms with Crippen LogP contribution in [0.2, 0.25) is 0 Å². The van der Waals surface area contributed by atoms with E-state index in [1.807, 2.05) is 0 Å². The number of hydrogen-bond donors (Lipinski definition) is 0. The average Bonchev–Trinajstić information content (AvgIpc) is 3.99. The summed E-state index contributed by atoms with van der Waals surface area (Å²) in [6.45, 7) is 18.6. The first-order valence-corrected chi connectivity index (χ1v) is 34.2. The first kappa shape index (κ1) is 75.7. The number of rotatable bonds is 61. The summed E-state index contributed by atoms with van der Waals surface area (Å²) in [7, 11) is 0. The van der Waals surface area contributed by atoms with Crippen LogP contribution in [-0.2, 0) is 52.3 Å². The minimum absolute atomic E-state index is 0.0425. The smallest absolute Gasteiger partial charge is 0.306 e. The zero-order valence-corrected chi connectivity index (χ0v) is 53.2. The Bertz CT molecular complexity index is 1300. The summed E-state index contributed by atoms with van der Waals surface area (Å²) >= 11 is 0. The molecule has 13 nitrogen and oxygen atoms in total. The summed E-state index contributed by atoms with van der Waals surface area (Å²) in [6.07, 6.45) is 41.7. The van der Waals surface area contributed by atoms with Gasteiger partial charge >= 0.3 is 17.9 Å². The molecular formula is C67H128N2O11. The fourth-order valence-electron chi connectivity index (χ4n) is 10.5. The second kappa shape index (κ2) is 57.1. The first-order chi connectivity index (χ1) is 39.2. The lowest BCUT2D eigenvalue weighted by Gasteiger charge is -2.33. The largest absolute Gasteiger partial charge is 0.463 e. The Balaban J connectivity index is 3.08. The Labute approximate surface area is 492 Å². The maximum Gasteiger partial charge on any atom is 0.306 e. The van der Waals surface area contributed by atoms with E-state index in [1.54, 1.807) is 4.90 Å². The molecule has 80 heavy (non-hydrogen) atoms. The van der Waals surface area contributed by atoms with Gasteiger partial charge in [0.2, 0.25) is 5.91 Å². The maximum absolute atomic E-state index is 14.4. The van der Waals surface area contributed by atoms with E-state index in [1.165, 1.54) is 103 Å². The molecule has 1 aliphatic rings. The van der Waals surface area contributed by atoms with Crippen LogP contribution in [0.1, 0.15) is 318 Å². The van der Waals surface area contributed by atoms with Gasteiger partial charge in [-0.25, -0.2) is 0 Å². The molecule has 1 amide bonds. The van der Waals surface area contributed by atoms with E-state index in [9.17, 15) is 19.2 Å². The fourth-order valence-corrected chi connectivity index (χ4v) is 10.5. The number of carbonyl (C=O) groups excluding carboxylic acids is 4. The third-order valence-electron chi connectivity index (χ3n) is 15.7. The number of nitrogens with zero attached hydrogens (tertiary/aromatic N) is 2. The van der Waals surface area contributed by atoms with Gasteiger partial charge in [-0.1, -0.05) is 196 Å². The maximum atomic E-state index is 14.4.